The van der Waals surface area contributed by atoms with Gasteiger partial charge in [0.05, 0.1) is 5.71 Å². The van der Waals surface area contributed by atoms with Crippen molar-refractivity contribution in [1.82, 2.24) is 0 Å². The van der Waals surface area contributed by atoms with Gasteiger partial charge in [-0.15, -0.1) is 0 Å². The lowest BCUT2D eigenvalue weighted by Crippen LogP contribution is -2.35. The highest BCUT2D eigenvalue weighted by atomic mass is 16.7. The quantitative estimate of drug-likeness (QED) is 0.890. The lowest BCUT2D eigenvalue weighted by Gasteiger charge is -2.14. The molecule has 0 bridgehead atoms. The van der Waals surface area contributed by atoms with E-state index in [-0.39, 0.29) is 0 Å². The molecule has 18 heavy (non-hydrogen) atoms. The maximum Gasteiger partial charge on any atom is 0.351 e. The van der Waals surface area contributed by atoms with Crippen LogP contribution in [0.3, 0.4) is 0 Å². The highest BCUT2D eigenvalue weighted by Gasteiger charge is 2.42. The monoisotopic (exact) mass is 245 g/mol. The van der Waals surface area contributed by atoms with Crippen molar-refractivity contribution in [2.24, 2.45) is 5.16 Å². The van der Waals surface area contributed by atoms with Crippen molar-refractivity contribution in [3.05, 3.63) is 35.4 Å². The third-order valence-electron chi connectivity index (χ3n) is 3.61. The zero-order chi connectivity index (χ0) is 12.8. The maximum atomic E-state index is 11.1. The predicted molar refractivity (Wildman–Crippen MR) is 66.7 cm³/mol. The summed E-state index contributed by atoms with van der Waals surface area (Å²) in [7, 11) is 0. The molecule has 1 N–H and O–H groups in total. The van der Waals surface area contributed by atoms with Crippen LogP contribution < -0.4 is 0 Å². The Morgan fingerprint density at radius 2 is 2.06 bits per heavy atom. The molecule has 1 aliphatic heterocycles. The van der Waals surface area contributed by atoms with Gasteiger partial charge in [-0.05, 0) is 36.8 Å². The molecule has 1 saturated carbocycles. The van der Waals surface area contributed by atoms with E-state index in [1.165, 1.54) is 18.4 Å². The molecule has 0 spiro atoms. The SMILES string of the molecule is CC1(C(=O)O)CC(c2ccc(C3CC3)cc2)=NO1. The second kappa shape index (κ2) is 3.83. The van der Waals surface area contributed by atoms with Crippen LogP contribution >= 0.6 is 0 Å². The van der Waals surface area contributed by atoms with Crippen molar-refractivity contribution in [2.75, 3.05) is 0 Å². The summed E-state index contributed by atoms with van der Waals surface area (Å²) in [5.41, 5.74) is 1.80. The van der Waals surface area contributed by atoms with Crippen LogP contribution in [-0.4, -0.2) is 22.4 Å². The average molecular weight is 245 g/mol. The average Bonchev–Trinajstić information content (AvgIpc) is 3.13. The van der Waals surface area contributed by atoms with E-state index in [9.17, 15) is 4.79 Å². The summed E-state index contributed by atoms with van der Waals surface area (Å²) in [6, 6.07) is 8.21. The first-order valence-electron chi connectivity index (χ1n) is 6.17. The molecule has 3 rings (SSSR count). The smallest absolute Gasteiger partial charge is 0.351 e. The van der Waals surface area contributed by atoms with Crippen molar-refractivity contribution in [3.8, 4) is 0 Å². The fourth-order valence-corrected chi connectivity index (χ4v) is 2.17. The Bertz CT molecular complexity index is 516. The number of hydrogen-bond acceptors (Lipinski definition) is 3. The minimum atomic E-state index is -1.22. The van der Waals surface area contributed by atoms with Gasteiger partial charge in [-0.1, -0.05) is 29.4 Å². The summed E-state index contributed by atoms with van der Waals surface area (Å²) in [5, 5.41) is 13.0. The Hall–Kier alpha value is -1.84. The van der Waals surface area contributed by atoms with Gasteiger partial charge < -0.3 is 9.94 Å². The van der Waals surface area contributed by atoms with Gasteiger partial charge in [-0.2, -0.15) is 0 Å². The topological polar surface area (TPSA) is 58.9 Å². The first-order valence-corrected chi connectivity index (χ1v) is 6.17. The van der Waals surface area contributed by atoms with E-state index < -0.39 is 11.6 Å². The molecule has 1 aromatic rings. The van der Waals surface area contributed by atoms with Crippen molar-refractivity contribution >= 4 is 11.7 Å². The number of aliphatic carboxylic acids is 1. The largest absolute Gasteiger partial charge is 0.478 e. The molecule has 1 aromatic carbocycles. The van der Waals surface area contributed by atoms with Crippen LogP contribution in [0, 0.1) is 0 Å². The van der Waals surface area contributed by atoms with E-state index in [4.69, 9.17) is 9.94 Å². The highest BCUT2D eigenvalue weighted by Crippen LogP contribution is 2.40. The summed E-state index contributed by atoms with van der Waals surface area (Å²) in [4.78, 5) is 16.1. The van der Waals surface area contributed by atoms with E-state index in [2.05, 4.69) is 17.3 Å². The van der Waals surface area contributed by atoms with Gasteiger partial charge in [-0.3, -0.25) is 0 Å². The summed E-state index contributed by atoms with van der Waals surface area (Å²) in [5.74, 6) is -0.249. The van der Waals surface area contributed by atoms with Crippen molar-refractivity contribution < 1.29 is 14.7 Å². The van der Waals surface area contributed by atoms with Crippen molar-refractivity contribution in [2.45, 2.75) is 37.7 Å². The van der Waals surface area contributed by atoms with E-state index >= 15 is 0 Å². The third-order valence-corrected chi connectivity index (χ3v) is 3.61. The molecule has 0 saturated heterocycles. The second-order valence-corrected chi connectivity index (χ2v) is 5.24. The van der Waals surface area contributed by atoms with Crippen LogP contribution in [-0.2, 0) is 9.63 Å². The zero-order valence-electron chi connectivity index (χ0n) is 10.2. The number of rotatable bonds is 3. The molecule has 1 unspecified atom stereocenters. The van der Waals surface area contributed by atoms with E-state index in [1.807, 2.05) is 12.1 Å². The molecule has 1 fully saturated rings. The molecule has 94 valence electrons. The lowest BCUT2D eigenvalue weighted by atomic mass is 9.95. The fraction of sp³-hybridized carbons (Fsp3) is 0.429. The van der Waals surface area contributed by atoms with Crippen LogP contribution in [0.2, 0.25) is 0 Å². The van der Waals surface area contributed by atoms with Crippen LogP contribution in [0.15, 0.2) is 29.4 Å². The molecule has 0 amide bonds. The molecule has 1 aliphatic carbocycles. The molecule has 4 nitrogen and oxygen atoms in total. The number of benzene rings is 1. The fourth-order valence-electron chi connectivity index (χ4n) is 2.17. The van der Waals surface area contributed by atoms with Gasteiger partial charge in [0.2, 0.25) is 5.60 Å². The van der Waals surface area contributed by atoms with Gasteiger partial charge in [0.1, 0.15) is 0 Å². The number of carbonyl (C=O) groups is 1. The lowest BCUT2D eigenvalue weighted by molar-refractivity contribution is -0.160. The van der Waals surface area contributed by atoms with Crippen LogP contribution in [0.1, 0.15) is 43.2 Å². The number of carboxylic acids is 1. The van der Waals surface area contributed by atoms with Crippen molar-refractivity contribution in [3.63, 3.8) is 0 Å². The Morgan fingerprint density at radius 3 is 2.56 bits per heavy atom. The number of carboxylic acid groups (broad SMARTS) is 1. The zero-order valence-corrected chi connectivity index (χ0v) is 10.2. The summed E-state index contributed by atoms with van der Waals surface area (Å²) >= 11 is 0. The minimum Gasteiger partial charge on any atom is -0.478 e. The Morgan fingerprint density at radius 1 is 1.39 bits per heavy atom. The first kappa shape index (κ1) is 11.3. The Labute approximate surface area is 105 Å². The standard InChI is InChI=1S/C14H15NO3/c1-14(13(16)17)8-12(15-18-14)11-6-4-10(5-7-11)9-2-3-9/h4-7,9H,2-3,8H2,1H3,(H,16,17). The van der Waals surface area contributed by atoms with E-state index in [0.717, 1.165) is 11.5 Å². The van der Waals surface area contributed by atoms with Crippen LogP contribution in [0.25, 0.3) is 0 Å². The van der Waals surface area contributed by atoms with Crippen molar-refractivity contribution in [1.29, 1.82) is 0 Å². The molecule has 1 heterocycles. The van der Waals surface area contributed by atoms with Gasteiger partial charge >= 0.3 is 5.97 Å². The van der Waals surface area contributed by atoms with Crippen LogP contribution in [0.4, 0.5) is 0 Å². The summed E-state index contributed by atoms with van der Waals surface area (Å²) < 4.78 is 0. The normalized spacial score (nSPS) is 26.6. The van der Waals surface area contributed by atoms with E-state index in [0.29, 0.717) is 12.1 Å². The third kappa shape index (κ3) is 1.88. The van der Waals surface area contributed by atoms with Crippen LogP contribution in [0.5, 0.6) is 0 Å². The first-order chi connectivity index (χ1) is 8.58. The summed E-state index contributed by atoms with van der Waals surface area (Å²) in [6.07, 6.45) is 2.87. The molecule has 1 atom stereocenters. The number of oxime groups is 1. The summed E-state index contributed by atoms with van der Waals surface area (Å²) in [6.45, 7) is 1.55. The second-order valence-electron chi connectivity index (χ2n) is 5.24. The highest BCUT2D eigenvalue weighted by molar-refractivity contribution is 6.04. The number of nitrogens with zero attached hydrogens (tertiary/aromatic N) is 1. The number of hydrogen-bond donors (Lipinski definition) is 1. The Balaban J connectivity index is 1.78. The molecule has 0 aromatic heterocycles. The molecule has 0 radical (unpaired) electrons. The van der Waals surface area contributed by atoms with E-state index in [1.54, 1.807) is 6.92 Å². The molecular weight excluding hydrogens is 230 g/mol. The molecular formula is C14H15NO3. The maximum absolute atomic E-state index is 11.1. The molecule has 2 aliphatic rings. The molecule has 4 heteroatoms. The minimum absolute atomic E-state index is 0.311. The Kier molecular flexibility index (Phi) is 2.40. The van der Waals surface area contributed by atoms with Gasteiger partial charge in [0, 0.05) is 6.42 Å². The van der Waals surface area contributed by atoms with Gasteiger partial charge in [0.25, 0.3) is 0 Å². The van der Waals surface area contributed by atoms with Gasteiger partial charge in [0.15, 0.2) is 0 Å². The predicted octanol–water partition coefficient (Wildman–Crippen LogP) is 2.53. The van der Waals surface area contributed by atoms with Gasteiger partial charge in [-0.25, -0.2) is 4.79 Å².